The number of hydrogen-bond donors (Lipinski definition) is 0. The molecule has 16 heavy (non-hydrogen) atoms. The van der Waals surface area contributed by atoms with Crippen LogP contribution in [-0.2, 0) is 6.42 Å². The molecule has 0 nitrogen and oxygen atoms in total. The minimum atomic E-state index is 0.409. The summed E-state index contributed by atoms with van der Waals surface area (Å²) in [5.74, 6) is 0. The molecule has 1 aliphatic carbocycles. The Morgan fingerprint density at radius 2 is 1.81 bits per heavy atom. The van der Waals surface area contributed by atoms with E-state index in [0.717, 1.165) is 6.42 Å². The van der Waals surface area contributed by atoms with Crippen molar-refractivity contribution in [3.8, 4) is 0 Å². The molecule has 1 aromatic rings. The molecular formula is C13H15Br3. The zero-order chi connectivity index (χ0) is 11.9. The zero-order valence-corrected chi connectivity index (χ0v) is 14.2. The summed E-state index contributed by atoms with van der Waals surface area (Å²) in [5, 5.41) is 0. The molecule has 0 fully saturated rings. The van der Waals surface area contributed by atoms with Gasteiger partial charge in [-0.1, -0.05) is 61.6 Å². The summed E-state index contributed by atoms with van der Waals surface area (Å²) in [5.41, 5.74) is 3.30. The first kappa shape index (κ1) is 13.1. The SMILES string of the molecule is CC1(C)CCc2c(Br)ccc(Br)c2C(Br)C1. The smallest absolute Gasteiger partial charge is 0.0414 e. The Kier molecular flexibility index (Phi) is 3.88. The van der Waals surface area contributed by atoms with E-state index in [1.54, 1.807) is 0 Å². The first-order valence-corrected chi connectivity index (χ1v) is 8.02. The van der Waals surface area contributed by atoms with Gasteiger partial charge in [0.2, 0.25) is 0 Å². The van der Waals surface area contributed by atoms with E-state index < -0.39 is 0 Å². The van der Waals surface area contributed by atoms with Crippen LogP contribution in [0.5, 0.6) is 0 Å². The van der Waals surface area contributed by atoms with E-state index in [-0.39, 0.29) is 0 Å². The van der Waals surface area contributed by atoms with Crippen LogP contribution in [-0.4, -0.2) is 0 Å². The Morgan fingerprint density at radius 3 is 2.50 bits per heavy atom. The molecule has 1 atom stereocenters. The highest BCUT2D eigenvalue weighted by atomic mass is 79.9. The summed E-state index contributed by atoms with van der Waals surface area (Å²) in [4.78, 5) is 0.451. The Balaban J connectivity index is 2.52. The van der Waals surface area contributed by atoms with Crippen LogP contribution < -0.4 is 0 Å². The molecule has 0 saturated carbocycles. The fourth-order valence-corrected chi connectivity index (χ4v) is 5.25. The van der Waals surface area contributed by atoms with Crippen LogP contribution in [0.4, 0.5) is 0 Å². The number of halogens is 3. The third-order valence-electron chi connectivity index (χ3n) is 3.34. The van der Waals surface area contributed by atoms with Gasteiger partial charge in [0, 0.05) is 13.8 Å². The van der Waals surface area contributed by atoms with E-state index in [1.165, 1.54) is 32.9 Å². The van der Waals surface area contributed by atoms with Gasteiger partial charge in [-0.25, -0.2) is 0 Å². The maximum Gasteiger partial charge on any atom is 0.0414 e. The highest BCUT2D eigenvalue weighted by Crippen LogP contribution is 2.47. The van der Waals surface area contributed by atoms with Gasteiger partial charge in [0.1, 0.15) is 0 Å². The summed E-state index contributed by atoms with van der Waals surface area (Å²) < 4.78 is 2.47. The summed E-state index contributed by atoms with van der Waals surface area (Å²) >= 11 is 11.2. The molecule has 1 aliphatic rings. The van der Waals surface area contributed by atoms with Crippen molar-refractivity contribution in [2.24, 2.45) is 5.41 Å². The molecule has 0 N–H and O–H groups in total. The third kappa shape index (κ3) is 2.56. The molecule has 0 amide bonds. The first-order chi connectivity index (χ1) is 7.41. The summed E-state index contributed by atoms with van der Waals surface area (Å²) in [6, 6.07) is 4.27. The van der Waals surface area contributed by atoms with Crippen molar-refractivity contribution in [1.82, 2.24) is 0 Å². The van der Waals surface area contributed by atoms with Crippen molar-refractivity contribution in [3.05, 3.63) is 32.2 Å². The van der Waals surface area contributed by atoms with Crippen molar-refractivity contribution in [2.45, 2.75) is 37.9 Å². The molecule has 1 aromatic carbocycles. The normalized spacial score (nSPS) is 23.7. The van der Waals surface area contributed by atoms with E-state index >= 15 is 0 Å². The molecular weight excluding hydrogens is 396 g/mol. The molecule has 0 spiro atoms. The lowest BCUT2D eigenvalue weighted by Gasteiger charge is -2.24. The Labute approximate surface area is 123 Å². The van der Waals surface area contributed by atoms with Crippen LogP contribution in [0.25, 0.3) is 0 Å². The van der Waals surface area contributed by atoms with Crippen LogP contribution in [0.1, 0.15) is 42.6 Å². The zero-order valence-electron chi connectivity index (χ0n) is 9.49. The Morgan fingerprint density at radius 1 is 1.19 bits per heavy atom. The molecule has 0 saturated heterocycles. The average Bonchev–Trinajstić information content (AvgIpc) is 2.29. The minimum absolute atomic E-state index is 0.409. The summed E-state index contributed by atoms with van der Waals surface area (Å²) in [6.45, 7) is 4.71. The second-order valence-electron chi connectivity index (χ2n) is 5.26. The van der Waals surface area contributed by atoms with Gasteiger partial charge < -0.3 is 0 Å². The van der Waals surface area contributed by atoms with Gasteiger partial charge in [0.25, 0.3) is 0 Å². The molecule has 0 bridgehead atoms. The van der Waals surface area contributed by atoms with Crippen molar-refractivity contribution in [1.29, 1.82) is 0 Å². The molecule has 0 aliphatic heterocycles. The van der Waals surface area contributed by atoms with Crippen molar-refractivity contribution < 1.29 is 0 Å². The fourth-order valence-electron chi connectivity index (χ4n) is 2.35. The van der Waals surface area contributed by atoms with Crippen LogP contribution >= 0.6 is 47.8 Å². The van der Waals surface area contributed by atoms with Crippen LogP contribution in [0, 0.1) is 5.41 Å². The van der Waals surface area contributed by atoms with E-state index in [9.17, 15) is 0 Å². The van der Waals surface area contributed by atoms with Gasteiger partial charge in [-0.2, -0.15) is 0 Å². The van der Waals surface area contributed by atoms with Gasteiger partial charge in [-0.05, 0) is 47.9 Å². The van der Waals surface area contributed by atoms with Gasteiger partial charge in [-0.15, -0.1) is 0 Å². The number of rotatable bonds is 0. The predicted molar refractivity (Wildman–Crippen MR) is 80.2 cm³/mol. The lowest BCUT2D eigenvalue weighted by Crippen LogP contribution is -2.11. The van der Waals surface area contributed by atoms with E-state index in [4.69, 9.17) is 0 Å². The van der Waals surface area contributed by atoms with Crippen molar-refractivity contribution in [2.75, 3.05) is 0 Å². The Hall–Kier alpha value is 0.660. The van der Waals surface area contributed by atoms with Crippen molar-refractivity contribution in [3.63, 3.8) is 0 Å². The largest absolute Gasteiger partial charge is 0.0838 e. The van der Waals surface area contributed by atoms with Gasteiger partial charge >= 0.3 is 0 Å². The number of hydrogen-bond acceptors (Lipinski definition) is 0. The minimum Gasteiger partial charge on any atom is -0.0838 e. The van der Waals surface area contributed by atoms with Crippen molar-refractivity contribution >= 4 is 47.8 Å². The summed E-state index contributed by atoms with van der Waals surface area (Å²) in [7, 11) is 0. The second kappa shape index (κ2) is 4.74. The lowest BCUT2D eigenvalue weighted by molar-refractivity contribution is 0.316. The van der Waals surface area contributed by atoms with E-state index in [0.29, 0.717) is 10.2 Å². The number of alkyl halides is 1. The summed E-state index contributed by atoms with van der Waals surface area (Å²) in [6.07, 6.45) is 3.59. The monoisotopic (exact) mass is 408 g/mol. The third-order valence-corrected chi connectivity index (χ3v) is 5.56. The topological polar surface area (TPSA) is 0 Å². The molecule has 88 valence electrons. The first-order valence-electron chi connectivity index (χ1n) is 5.51. The average molecular weight is 411 g/mol. The number of benzene rings is 1. The van der Waals surface area contributed by atoms with Gasteiger partial charge in [0.05, 0.1) is 0 Å². The standard InChI is InChI=1S/C13H15Br3/c1-13(2)6-5-8-9(14)3-4-10(15)12(8)11(16)7-13/h3-4,11H,5-7H2,1-2H3. The van der Waals surface area contributed by atoms with E-state index in [2.05, 4.69) is 73.8 Å². The molecule has 0 aromatic heterocycles. The van der Waals surface area contributed by atoms with Crippen LogP contribution in [0.15, 0.2) is 21.1 Å². The highest BCUT2D eigenvalue weighted by Gasteiger charge is 2.30. The fraction of sp³-hybridized carbons (Fsp3) is 0.538. The second-order valence-corrected chi connectivity index (χ2v) is 8.07. The maximum atomic E-state index is 3.85. The number of fused-ring (bicyclic) bond motifs is 1. The molecule has 2 rings (SSSR count). The predicted octanol–water partition coefficient (Wildman–Crippen LogP) is 6.01. The molecule has 1 unspecified atom stereocenters. The van der Waals surface area contributed by atoms with Crippen LogP contribution in [0.3, 0.4) is 0 Å². The van der Waals surface area contributed by atoms with Gasteiger partial charge in [0.15, 0.2) is 0 Å². The molecule has 0 heterocycles. The maximum absolute atomic E-state index is 3.85. The van der Waals surface area contributed by atoms with E-state index in [1.807, 2.05) is 0 Å². The van der Waals surface area contributed by atoms with Gasteiger partial charge in [-0.3, -0.25) is 0 Å². The highest BCUT2D eigenvalue weighted by molar-refractivity contribution is 9.11. The molecule has 0 radical (unpaired) electrons. The Bertz CT molecular complexity index is 410. The lowest BCUT2D eigenvalue weighted by atomic mass is 9.84. The quantitative estimate of drug-likeness (QED) is 0.363. The molecule has 3 heteroatoms. The van der Waals surface area contributed by atoms with Crippen LogP contribution in [0.2, 0.25) is 0 Å².